The Bertz CT molecular complexity index is 764. The van der Waals surface area contributed by atoms with Gasteiger partial charge in [0.2, 0.25) is 5.91 Å². The average Bonchev–Trinajstić information content (AvgIpc) is 3.07. The quantitative estimate of drug-likeness (QED) is 0.559. The maximum absolute atomic E-state index is 14.3. The van der Waals surface area contributed by atoms with Gasteiger partial charge in [0.25, 0.3) is 0 Å². The summed E-state index contributed by atoms with van der Waals surface area (Å²) in [5.41, 5.74) is 0.908. The normalized spacial score (nSPS) is 12.0. The van der Waals surface area contributed by atoms with E-state index >= 15 is 0 Å². The largest absolute Gasteiger partial charge is 0.352 e. The number of guanidine groups is 1. The molecule has 0 saturated heterocycles. The number of amides is 1. The molecule has 1 amide bonds. The van der Waals surface area contributed by atoms with Crippen LogP contribution in [-0.2, 0) is 11.3 Å². The van der Waals surface area contributed by atoms with E-state index in [1.54, 1.807) is 36.4 Å². The van der Waals surface area contributed by atoms with E-state index in [1.165, 1.54) is 6.07 Å². The summed E-state index contributed by atoms with van der Waals surface area (Å²) >= 11 is 0. The van der Waals surface area contributed by atoms with Gasteiger partial charge in [-0.25, -0.2) is 9.37 Å². The lowest BCUT2D eigenvalue weighted by atomic mass is 10.1. The van der Waals surface area contributed by atoms with Crippen molar-refractivity contribution in [1.82, 2.24) is 25.5 Å². The number of aromatic nitrogens is 2. The molecule has 2 aromatic rings. The van der Waals surface area contributed by atoms with E-state index in [0.29, 0.717) is 18.2 Å². The van der Waals surface area contributed by atoms with Gasteiger partial charge in [0.15, 0.2) is 5.96 Å². The molecule has 0 radical (unpaired) electrons. The Kier molecular flexibility index (Phi) is 6.32. The van der Waals surface area contributed by atoms with E-state index in [0.717, 1.165) is 5.56 Å². The zero-order chi connectivity index (χ0) is 19.2. The maximum Gasteiger partial charge on any atom is 0.239 e. The molecular weight excluding hydrogens is 335 g/mol. The fraction of sp³-hybridized carbons (Fsp3) is 0.389. The van der Waals surface area contributed by atoms with Gasteiger partial charge in [-0.2, -0.15) is 0 Å². The third kappa shape index (κ3) is 5.87. The molecule has 0 saturated carbocycles. The van der Waals surface area contributed by atoms with Crippen molar-refractivity contribution < 1.29 is 9.18 Å². The molecule has 2 rings (SSSR count). The molecule has 1 aromatic heterocycles. The van der Waals surface area contributed by atoms with E-state index in [9.17, 15) is 9.18 Å². The fourth-order valence-corrected chi connectivity index (χ4v) is 2.30. The topological polar surface area (TPSA) is 83.3 Å². The lowest BCUT2D eigenvalue weighted by Crippen LogP contribution is -2.48. The Morgan fingerprint density at radius 3 is 2.65 bits per heavy atom. The molecule has 26 heavy (non-hydrogen) atoms. The first-order valence-electron chi connectivity index (χ1n) is 8.31. The monoisotopic (exact) mass is 360 g/mol. The minimum absolute atomic E-state index is 0.102. The van der Waals surface area contributed by atoms with Gasteiger partial charge in [-0.15, -0.1) is 0 Å². The van der Waals surface area contributed by atoms with Gasteiger partial charge in [0.1, 0.15) is 5.82 Å². The Hall–Kier alpha value is -2.90. The highest BCUT2D eigenvalue weighted by molar-refractivity contribution is 5.86. The number of imidazole rings is 1. The predicted octanol–water partition coefficient (Wildman–Crippen LogP) is 1.59. The van der Waals surface area contributed by atoms with Crippen molar-refractivity contribution >= 4 is 11.9 Å². The predicted molar refractivity (Wildman–Crippen MR) is 99.6 cm³/mol. The summed E-state index contributed by atoms with van der Waals surface area (Å²) in [6.45, 7) is 6.23. The number of halogens is 1. The number of aliphatic imine (C=N–C) groups is 1. The summed E-state index contributed by atoms with van der Waals surface area (Å²) in [7, 11) is 1.61. The molecule has 0 bridgehead atoms. The van der Waals surface area contributed by atoms with Gasteiger partial charge in [-0.1, -0.05) is 6.07 Å². The number of hydrogen-bond acceptors (Lipinski definition) is 3. The summed E-state index contributed by atoms with van der Waals surface area (Å²) in [6, 6.07) is 4.98. The van der Waals surface area contributed by atoms with Crippen molar-refractivity contribution in [3.63, 3.8) is 0 Å². The Morgan fingerprint density at radius 2 is 2.08 bits per heavy atom. The second-order valence-electron chi connectivity index (χ2n) is 6.83. The van der Waals surface area contributed by atoms with E-state index in [1.807, 2.05) is 26.8 Å². The highest BCUT2D eigenvalue weighted by Crippen LogP contribution is 2.14. The summed E-state index contributed by atoms with van der Waals surface area (Å²) < 4.78 is 15.9. The lowest BCUT2D eigenvalue weighted by molar-refractivity contribution is -0.121. The molecule has 7 nitrogen and oxygen atoms in total. The summed E-state index contributed by atoms with van der Waals surface area (Å²) in [5.74, 6) is -0.000802. The van der Waals surface area contributed by atoms with E-state index < -0.39 is 0 Å². The second-order valence-corrected chi connectivity index (χ2v) is 6.83. The van der Waals surface area contributed by atoms with Gasteiger partial charge in [0, 0.05) is 31.5 Å². The molecular formula is C18H25FN6O. The van der Waals surface area contributed by atoms with Crippen molar-refractivity contribution in [2.24, 2.45) is 4.99 Å². The van der Waals surface area contributed by atoms with E-state index in [2.05, 4.69) is 25.9 Å². The number of rotatable bonds is 5. The molecule has 1 heterocycles. The van der Waals surface area contributed by atoms with Crippen LogP contribution in [0.3, 0.4) is 0 Å². The van der Waals surface area contributed by atoms with Crippen LogP contribution in [-0.4, -0.2) is 40.5 Å². The van der Waals surface area contributed by atoms with Crippen LogP contribution >= 0.6 is 0 Å². The first kappa shape index (κ1) is 19.4. The summed E-state index contributed by atoms with van der Waals surface area (Å²) in [5, 5.41) is 8.85. The van der Waals surface area contributed by atoms with Gasteiger partial charge in [-0.05, 0) is 38.5 Å². The van der Waals surface area contributed by atoms with Crippen LogP contribution in [0.1, 0.15) is 26.3 Å². The Labute approximate surface area is 152 Å². The second kappa shape index (κ2) is 8.46. The minimum atomic E-state index is -0.338. The van der Waals surface area contributed by atoms with Crippen molar-refractivity contribution in [1.29, 1.82) is 0 Å². The molecule has 0 unspecified atom stereocenters. The summed E-state index contributed by atoms with van der Waals surface area (Å²) in [6.07, 6.45) is 4.83. The van der Waals surface area contributed by atoms with Crippen molar-refractivity contribution in [2.75, 3.05) is 13.6 Å². The molecule has 0 fully saturated rings. The van der Waals surface area contributed by atoms with Gasteiger partial charge in [-0.3, -0.25) is 9.79 Å². The van der Waals surface area contributed by atoms with E-state index in [4.69, 9.17) is 0 Å². The number of nitrogens with zero attached hydrogens (tertiary/aromatic N) is 3. The van der Waals surface area contributed by atoms with Crippen molar-refractivity contribution in [3.8, 4) is 5.69 Å². The molecule has 3 N–H and O–H groups in total. The Balaban J connectivity index is 1.88. The molecule has 1 aromatic carbocycles. The van der Waals surface area contributed by atoms with Crippen LogP contribution in [0.15, 0.2) is 41.9 Å². The number of nitrogens with one attached hydrogen (secondary N) is 3. The average molecular weight is 360 g/mol. The number of carbonyl (C=O) groups is 1. The van der Waals surface area contributed by atoms with Gasteiger partial charge >= 0.3 is 0 Å². The molecule has 0 aliphatic heterocycles. The standard InChI is InChI=1S/C18H25FN6O/c1-18(2,3)24-16(26)11-23-17(20-4)22-10-13-5-6-15(14(19)9-13)25-8-7-21-12-25/h5-9,12H,10-11H2,1-4H3,(H,24,26)(H2,20,22,23). The van der Waals surface area contributed by atoms with Gasteiger partial charge < -0.3 is 20.5 Å². The van der Waals surface area contributed by atoms with E-state index in [-0.39, 0.29) is 23.8 Å². The molecule has 0 aliphatic rings. The molecule has 0 atom stereocenters. The molecule has 0 spiro atoms. The third-order valence-electron chi connectivity index (χ3n) is 3.41. The fourth-order valence-electron chi connectivity index (χ4n) is 2.30. The highest BCUT2D eigenvalue weighted by atomic mass is 19.1. The van der Waals surface area contributed by atoms with Crippen LogP contribution in [0, 0.1) is 5.82 Å². The smallest absolute Gasteiger partial charge is 0.239 e. The van der Waals surface area contributed by atoms with Crippen LogP contribution in [0.2, 0.25) is 0 Å². The zero-order valence-corrected chi connectivity index (χ0v) is 15.5. The summed E-state index contributed by atoms with van der Waals surface area (Å²) in [4.78, 5) is 19.8. The maximum atomic E-state index is 14.3. The highest BCUT2D eigenvalue weighted by Gasteiger charge is 2.13. The minimum Gasteiger partial charge on any atom is -0.352 e. The third-order valence-corrected chi connectivity index (χ3v) is 3.41. The Morgan fingerprint density at radius 1 is 1.31 bits per heavy atom. The van der Waals surface area contributed by atoms with Crippen LogP contribution < -0.4 is 16.0 Å². The lowest BCUT2D eigenvalue weighted by Gasteiger charge is -2.21. The first-order chi connectivity index (χ1) is 12.3. The SMILES string of the molecule is CN=C(NCC(=O)NC(C)(C)C)NCc1ccc(-n2ccnc2)c(F)c1. The number of hydrogen-bond donors (Lipinski definition) is 3. The molecule has 140 valence electrons. The number of benzene rings is 1. The first-order valence-corrected chi connectivity index (χ1v) is 8.31. The zero-order valence-electron chi connectivity index (χ0n) is 15.5. The number of carbonyl (C=O) groups excluding carboxylic acids is 1. The van der Waals surface area contributed by atoms with Crippen LogP contribution in [0.25, 0.3) is 5.69 Å². The van der Waals surface area contributed by atoms with Crippen LogP contribution in [0.5, 0.6) is 0 Å². The van der Waals surface area contributed by atoms with Crippen molar-refractivity contribution in [3.05, 3.63) is 48.3 Å². The van der Waals surface area contributed by atoms with Gasteiger partial charge in [0.05, 0.1) is 18.6 Å². The van der Waals surface area contributed by atoms with Crippen molar-refractivity contribution in [2.45, 2.75) is 32.9 Å². The molecule has 0 aliphatic carbocycles. The van der Waals surface area contributed by atoms with Crippen LogP contribution in [0.4, 0.5) is 4.39 Å². The molecule has 8 heteroatoms.